The molecule has 7 heteroatoms. The quantitative estimate of drug-likeness (QED) is 0.905. The SMILES string of the molecule is CCc1nnc(C[C@@H]2CC[C@H](NC(=O)c3ccc(C#N)n3C)C2)o1. The number of rotatable bonds is 5. The lowest BCUT2D eigenvalue weighted by atomic mass is 10.0. The van der Waals surface area contributed by atoms with Crippen LogP contribution in [0.15, 0.2) is 16.5 Å². The molecule has 1 aliphatic carbocycles. The van der Waals surface area contributed by atoms with E-state index in [2.05, 4.69) is 21.6 Å². The number of nitrogens with zero attached hydrogens (tertiary/aromatic N) is 4. The minimum absolute atomic E-state index is 0.129. The van der Waals surface area contributed by atoms with Crippen LogP contribution in [0.25, 0.3) is 0 Å². The van der Waals surface area contributed by atoms with E-state index in [9.17, 15) is 4.79 Å². The highest BCUT2D eigenvalue weighted by molar-refractivity contribution is 5.93. The molecule has 24 heavy (non-hydrogen) atoms. The largest absolute Gasteiger partial charge is 0.425 e. The molecule has 126 valence electrons. The molecule has 1 saturated carbocycles. The van der Waals surface area contributed by atoms with E-state index in [0.29, 0.717) is 29.1 Å². The highest BCUT2D eigenvalue weighted by Crippen LogP contribution is 2.28. The fourth-order valence-corrected chi connectivity index (χ4v) is 3.26. The minimum Gasteiger partial charge on any atom is -0.425 e. The van der Waals surface area contributed by atoms with E-state index >= 15 is 0 Å². The highest BCUT2D eigenvalue weighted by atomic mass is 16.4. The maximum atomic E-state index is 12.4. The van der Waals surface area contributed by atoms with Crippen molar-refractivity contribution in [3.63, 3.8) is 0 Å². The highest BCUT2D eigenvalue weighted by Gasteiger charge is 2.28. The Labute approximate surface area is 140 Å². The molecule has 2 aromatic rings. The molecule has 2 aromatic heterocycles. The van der Waals surface area contributed by atoms with Gasteiger partial charge in [0.15, 0.2) is 0 Å². The van der Waals surface area contributed by atoms with Gasteiger partial charge >= 0.3 is 0 Å². The van der Waals surface area contributed by atoms with E-state index < -0.39 is 0 Å². The topological polar surface area (TPSA) is 96.7 Å². The van der Waals surface area contributed by atoms with Gasteiger partial charge in [0.1, 0.15) is 17.5 Å². The molecular formula is C17H21N5O2. The van der Waals surface area contributed by atoms with Crippen LogP contribution in [0.5, 0.6) is 0 Å². The molecule has 0 bridgehead atoms. The first kappa shape index (κ1) is 16.2. The molecule has 0 saturated heterocycles. The second-order valence-corrected chi connectivity index (χ2v) is 6.27. The number of aryl methyl sites for hydroxylation is 1. The molecule has 0 aliphatic heterocycles. The van der Waals surface area contributed by atoms with Crippen molar-refractivity contribution in [2.24, 2.45) is 13.0 Å². The molecule has 0 aromatic carbocycles. The number of carbonyl (C=O) groups is 1. The standard InChI is InChI=1S/C17H21N5O2/c1-3-15-20-21-16(24-15)9-11-4-5-12(8-11)19-17(23)14-7-6-13(10-18)22(14)2/h6-7,11-12H,3-5,8-9H2,1-2H3,(H,19,23)/t11-,12+/m1/s1. The van der Waals surface area contributed by atoms with E-state index in [4.69, 9.17) is 9.68 Å². The summed E-state index contributed by atoms with van der Waals surface area (Å²) in [5.74, 6) is 1.68. The van der Waals surface area contributed by atoms with Crippen LogP contribution in [-0.4, -0.2) is 26.7 Å². The molecule has 1 aliphatic rings. The molecule has 0 radical (unpaired) electrons. The number of nitrogens with one attached hydrogen (secondary N) is 1. The summed E-state index contributed by atoms with van der Waals surface area (Å²) >= 11 is 0. The Hall–Kier alpha value is -2.62. The molecule has 2 heterocycles. The molecule has 1 fully saturated rings. The van der Waals surface area contributed by atoms with Crippen LogP contribution in [0.3, 0.4) is 0 Å². The third kappa shape index (κ3) is 3.32. The van der Waals surface area contributed by atoms with Crippen LogP contribution in [0.4, 0.5) is 0 Å². The lowest BCUT2D eigenvalue weighted by Crippen LogP contribution is -2.34. The van der Waals surface area contributed by atoms with Crippen molar-refractivity contribution in [2.45, 2.75) is 45.1 Å². The molecule has 3 rings (SSSR count). The van der Waals surface area contributed by atoms with Crippen LogP contribution in [-0.2, 0) is 19.9 Å². The van der Waals surface area contributed by atoms with E-state index in [1.165, 1.54) is 0 Å². The number of hydrogen-bond acceptors (Lipinski definition) is 5. The normalized spacial score (nSPS) is 20.0. The fraction of sp³-hybridized carbons (Fsp3) is 0.529. The monoisotopic (exact) mass is 327 g/mol. The van der Waals surface area contributed by atoms with Crippen molar-refractivity contribution in [3.8, 4) is 6.07 Å². The molecule has 7 nitrogen and oxygen atoms in total. The first-order chi connectivity index (χ1) is 11.6. The second kappa shape index (κ2) is 6.87. The Balaban J connectivity index is 1.55. The lowest BCUT2D eigenvalue weighted by molar-refractivity contribution is 0.0929. The smallest absolute Gasteiger partial charge is 0.268 e. The van der Waals surface area contributed by atoms with Crippen molar-refractivity contribution in [1.82, 2.24) is 20.1 Å². The maximum Gasteiger partial charge on any atom is 0.268 e. The van der Waals surface area contributed by atoms with E-state index in [1.54, 1.807) is 23.7 Å². The number of amides is 1. The molecule has 2 atom stereocenters. The summed E-state index contributed by atoms with van der Waals surface area (Å²) in [6, 6.07) is 5.56. The number of aromatic nitrogens is 3. The van der Waals surface area contributed by atoms with Gasteiger partial charge in [-0.1, -0.05) is 6.92 Å². The summed E-state index contributed by atoms with van der Waals surface area (Å²) in [7, 11) is 1.73. The van der Waals surface area contributed by atoms with Crippen LogP contribution < -0.4 is 5.32 Å². The zero-order chi connectivity index (χ0) is 17.1. The molecule has 0 spiro atoms. The van der Waals surface area contributed by atoms with Gasteiger partial charge in [-0.2, -0.15) is 5.26 Å². The predicted molar refractivity (Wildman–Crippen MR) is 86.1 cm³/mol. The molecule has 1 amide bonds. The average molecular weight is 327 g/mol. The Bertz CT molecular complexity index is 770. The molecule has 0 unspecified atom stereocenters. The molecule has 1 N–H and O–H groups in total. The van der Waals surface area contributed by atoms with Gasteiger partial charge in [0.25, 0.3) is 5.91 Å². The first-order valence-corrected chi connectivity index (χ1v) is 8.28. The first-order valence-electron chi connectivity index (χ1n) is 8.28. The minimum atomic E-state index is -0.129. The Morgan fingerprint density at radius 2 is 2.21 bits per heavy atom. The van der Waals surface area contributed by atoms with Crippen molar-refractivity contribution >= 4 is 5.91 Å². The second-order valence-electron chi connectivity index (χ2n) is 6.27. The van der Waals surface area contributed by atoms with Gasteiger partial charge in [-0.3, -0.25) is 4.79 Å². The lowest BCUT2D eigenvalue weighted by Gasteiger charge is -2.13. The Morgan fingerprint density at radius 3 is 2.88 bits per heavy atom. The van der Waals surface area contributed by atoms with Crippen molar-refractivity contribution < 1.29 is 9.21 Å². The summed E-state index contributed by atoms with van der Waals surface area (Å²) in [5, 5.41) is 20.1. The van der Waals surface area contributed by atoms with Crippen molar-refractivity contribution in [2.75, 3.05) is 0 Å². The Kier molecular flexibility index (Phi) is 4.65. The number of hydrogen-bond donors (Lipinski definition) is 1. The van der Waals surface area contributed by atoms with Gasteiger partial charge in [-0.25, -0.2) is 0 Å². The summed E-state index contributed by atoms with van der Waals surface area (Å²) in [6.45, 7) is 1.99. The molecular weight excluding hydrogens is 306 g/mol. The number of nitriles is 1. The Morgan fingerprint density at radius 1 is 1.42 bits per heavy atom. The van der Waals surface area contributed by atoms with Gasteiger partial charge < -0.3 is 14.3 Å². The van der Waals surface area contributed by atoms with Crippen LogP contribution in [0.2, 0.25) is 0 Å². The summed E-state index contributed by atoms with van der Waals surface area (Å²) in [5.41, 5.74) is 0.993. The van der Waals surface area contributed by atoms with Gasteiger partial charge in [0.2, 0.25) is 11.8 Å². The summed E-state index contributed by atoms with van der Waals surface area (Å²) < 4.78 is 7.19. The van der Waals surface area contributed by atoms with E-state index in [-0.39, 0.29) is 11.9 Å². The van der Waals surface area contributed by atoms with Gasteiger partial charge in [-0.05, 0) is 37.3 Å². The van der Waals surface area contributed by atoms with Gasteiger partial charge in [-0.15, -0.1) is 10.2 Å². The summed E-state index contributed by atoms with van der Waals surface area (Å²) in [6.07, 6.45) is 4.40. The third-order valence-corrected chi connectivity index (χ3v) is 4.62. The van der Waals surface area contributed by atoms with Crippen LogP contribution in [0.1, 0.15) is 54.2 Å². The number of carbonyl (C=O) groups excluding carboxylic acids is 1. The van der Waals surface area contributed by atoms with E-state index in [1.807, 2.05) is 6.92 Å². The fourth-order valence-electron chi connectivity index (χ4n) is 3.26. The predicted octanol–water partition coefficient (Wildman–Crippen LogP) is 1.98. The van der Waals surface area contributed by atoms with Crippen molar-refractivity contribution in [1.29, 1.82) is 5.26 Å². The van der Waals surface area contributed by atoms with Crippen molar-refractivity contribution in [3.05, 3.63) is 35.3 Å². The van der Waals surface area contributed by atoms with E-state index in [0.717, 1.165) is 32.1 Å². The zero-order valence-electron chi connectivity index (χ0n) is 14.0. The van der Waals surface area contributed by atoms with Crippen LogP contribution in [0, 0.1) is 17.2 Å². The third-order valence-electron chi connectivity index (χ3n) is 4.62. The van der Waals surface area contributed by atoms with Gasteiger partial charge in [0.05, 0.1) is 0 Å². The van der Waals surface area contributed by atoms with Crippen LogP contribution >= 0.6 is 0 Å². The average Bonchev–Trinajstić information content (AvgIpc) is 3.28. The van der Waals surface area contributed by atoms with Gasteiger partial charge in [0, 0.05) is 25.9 Å². The zero-order valence-corrected chi connectivity index (χ0v) is 14.0. The maximum absolute atomic E-state index is 12.4. The summed E-state index contributed by atoms with van der Waals surface area (Å²) in [4.78, 5) is 12.4.